The Bertz CT molecular complexity index is 519. The van der Waals surface area contributed by atoms with Gasteiger partial charge in [0.25, 0.3) is 0 Å². The maximum Gasteiger partial charge on any atom is 0.313 e. The highest BCUT2D eigenvalue weighted by atomic mass is 32.2. The molecule has 2 aromatic rings. The number of pyridine rings is 1. The van der Waals surface area contributed by atoms with Crippen molar-refractivity contribution in [1.82, 2.24) is 15.0 Å². The Morgan fingerprint density at radius 1 is 1.29 bits per heavy atom. The van der Waals surface area contributed by atoms with Crippen LogP contribution in [0.25, 0.3) is 11.3 Å². The van der Waals surface area contributed by atoms with Gasteiger partial charge in [-0.3, -0.25) is 9.78 Å². The second kappa shape index (κ2) is 5.40. The number of aliphatic carboxylic acids is 1. The number of nitrogens with zero attached hydrogens (tertiary/aromatic N) is 3. The highest BCUT2D eigenvalue weighted by Crippen LogP contribution is 2.21. The van der Waals surface area contributed by atoms with Crippen molar-refractivity contribution >= 4 is 17.7 Å². The molecule has 0 aliphatic rings. The van der Waals surface area contributed by atoms with Crippen molar-refractivity contribution < 1.29 is 9.90 Å². The van der Waals surface area contributed by atoms with Crippen LogP contribution in [0.3, 0.4) is 0 Å². The number of hydrogen-bond donors (Lipinski definition) is 1. The lowest BCUT2D eigenvalue weighted by Gasteiger charge is -2.02. The van der Waals surface area contributed by atoms with Crippen LogP contribution in [0.15, 0.2) is 41.9 Å². The van der Waals surface area contributed by atoms with E-state index in [0.29, 0.717) is 5.03 Å². The van der Waals surface area contributed by atoms with Crippen molar-refractivity contribution in [2.24, 2.45) is 0 Å². The van der Waals surface area contributed by atoms with Crippen LogP contribution < -0.4 is 0 Å². The van der Waals surface area contributed by atoms with Crippen LogP contribution in [-0.2, 0) is 4.79 Å². The average Bonchev–Trinajstić information content (AvgIpc) is 2.38. The van der Waals surface area contributed by atoms with E-state index in [4.69, 9.17) is 5.11 Å². The molecular formula is C11H9N3O2S. The summed E-state index contributed by atoms with van der Waals surface area (Å²) in [5, 5.41) is 9.24. The molecule has 2 rings (SSSR count). The van der Waals surface area contributed by atoms with Gasteiger partial charge in [0.1, 0.15) is 11.4 Å². The first-order chi connectivity index (χ1) is 8.25. The predicted octanol–water partition coefficient (Wildman–Crippen LogP) is 1.72. The van der Waals surface area contributed by atoms with Crippen LogP contribution in [0, 0.1) is 0 Å². The fraction of sp³-hybridized carbons (Fsp3) is 0.0909. The number of rotatable bonds is 4. The average molecular weight is 247 g/mol. The molecule has 0 saturated heterocycles. The fourth-order valence-electron chi connectivity index (χ4n) is 1.23. The van der Waals surface area contributed by atoms with Crippen molar-refractivity contribution in [3.8, 4) is 11.3 Å². The molecule has 6 heteroatoms. The standard InChI is InChI=1S/C11H9N3O2S/c15-11(16)6-17-10-5-9(13-7-14-10)8-1-3-12-4-2-8/h1-5,7H,6H2,(H,15,16). The lowest BCUT2D eigenvalue weighted by molar-refractivity contribution is -0.133. The van der Waals surface area contributed by atoms with Crippen LogP contribution in [-0.4, -0.2) is 31.8 Å². The molecule has 17 heavy (non-hydrogen) atoms. The molecule has 0 unspecified atom stereocenters. The first-order valence-electron chi connectivity index (χ1n) is 4.83. The summed E-state index contributed by atoms with van der Waals surface area (Å²) in [6, 6.07) is 5.45. The van der Waals surface area contributed by atoms with Gasteiger partial charge in [0.05, 0.1) is 11.4 Å². The second-order valence-electron chi connectivity index (χ2n) is 3.16. The van der Waals surface area contributed by atoms with Gasteiger partial charge in [-0.2, -0.15) is 0 Å². The van der Waals surface area contributed by atoms with Gasteiger partial charge in [-0.25, -0.2) is 9.97 Å². The number of aromatic nitrogens is 3. The van der Waals surface area contributed by atoms with E-state index in [9.17, 15) is 4.79 Å². The number of carboxylic acid groups (broad SMARTS) is 1. The van der Waals surface area contributed by atoms with Crippen LogP contribution in [0.2, 0.25) is 0 Å². The first-order valence-corrected chi connectivity index (χ1v) is 5.81. The lowest BCUT2D eigenvalue weighted by atomic mass is 10.2. The zero-order valence-electron chi connectivity index (χ0n) is 8.78. The zero-order valence-corrected chi connectivity index (χ0v) is 9.59. The number of thioether (sulfide) groups is 1. The van der Waals surface area contributed by atoms with Gasteiger partial charge >= 0.3 is 5.97 Å². The van der Waals surface area contributed by atoms with Gasteiger partial charge in [0, 0.05) is 18.0 Å². The van der Waals surface area contributed by atoms with Gasteiger partial charge in [0.2, 0.25) is 0 Å². The highest BCUT2D eigenvalue weighted by molar-refractivity contribution is 7.99. The summed E-state index contributed by atoms with van der Waals surface area (Å²) in [5.74, 6) is -0.869. The minimum atomic E-state index is -0.862. The molecular weight excluding hydrogens is 238 g/mol. The molecule has 0 radical (unpaired) electrons. The Morgan fingerprint density at radius 3 is 2.76 bits per heavy atom. The molecule has 0 saturated carbocycles. The van der Waals surface area contributed by atoms with E-state index in [-0.39, 0.29) is 5.75 Å². The number of carboxylic acids is 1. The van der Waals surface area contributed by atoms with Crippen molar-refractivity contribution in [3.05, 3.63) is 36.9 Å². The molecule has 0 aromatic carbocycles. The Hall–Kier alpha value is -1.95. The molecule has 1 N–H and O–H groups in total. The predicted molar refractivity (Wildman–Crippen MR) is 63.6 cm³/mol. The van der Waals surface area contributed by atoms with E-state index in [2.05, 4.69) is 15.0 Å². The van der Waals surface area contributed by atoms with Crippen LogP contribution in [0.1, 0.15) is 0 Å². The Kier molecular flexibility index (Phi) is 3.66. The SMILES string of the molecule is O=C(O)CSc1cc(-c2ccncc2)ncn1. The molecule has 0 aliphatic carbocycles. The maximum absolute atomic E-state index is 10.5. The summed E-state index contributed by atoms with van der Waals surface area (Å²) in [6.07, 6.45) is 4.79. The second-order valence-corrected chi connectivity index (χ2v) is 4.16. The van der Waals surface area contributed by atoms with Crippen LogP contribution >= 0.6 is 11.8 Å². The highest BCUT2D eigenvalue weighted by Gasteiger charge is 2.04. The maximum atomic E-state index is 10.5. The van der Waals surface area contributed by atoms with Gasteiger partial charge in [-0.05, 0) is 18.2 Å². The third kappa shape index (κ3) is 3.25. The Morgan fingerprint density at radius 2 is 2.06 bits per heavy atom. The minimum Gasteiger partial charge on any atom is -0.481 e. The minimum absolute atomic E-state index is 0.00714. The summed E-state index contributed by atoms with van der Waals surface area (Å²) >= 11 is 1.17. The van der Waals surface area contributed by atoms with Gasteiger partial charge in [0.15, 0.2) is 0 Å². The van der Waals surface area contributed by atoms with E-state index in [1.807, 2.05) is 12.1 Å². The van der Waals surface area contributed by atoms with Gasteiger partial charge in [-0.15, -0.1) is 0 Å². The normalized spacial score (nSPS) is 10.1. The summed E-state index contributed by atoms with van der Waals surface area (Å²) in [5.41, 5.74) is 1.69. The van der Waals surface area contributed by atoms with Crippen LogP contribution in [0.4, 0.5) is 0 Å². The van der Waals surface area contributed by atoms with Crippen molar-refractivity contribution in [2.75, 3.05) is 5.75 Å². The van der Waals surface area contributed by atoms with E-state index < -0.39 is 5.97 Å². The monoisotopic (exact) mass is 247 g/mol. The smallest absolute Gasteiger partial charge is 0.313 e. The molecule has 2 aromatic heterocycles. The topological polar surface area (TPSA) is 76.0 Å². The number of hydrogen-bond acceptors (Lipinski definition) is 5. The summed E-state index contributed by atoms with van der Waals surface area (Å²) < 4.78 is 0. The number of carbonyl (C=O) groups is 1. The summed E-state index contributed by atoms with van der Waals surface area (Å²) in [7, 11) is 0. The third-order valence-corrected chi connectivity index (χ3v) is 2.87. The van der Waals surface area contributed by atoms with E-state index >= 15 is 0 Å². The van der Waals surface area contributed by atoms with E-state index in [1.54, 1.807) is 18.5 Å². The largest absolute Gasteiger partial charge is 0.481 e. The van der Waals surface area contributed by atoms with Gasteiger partial charge < -0.3 is 5.11 Å². The Balaban J connectivity index is 2.20. The summed E-state index contributed by atoms with van der Waals surface area (Å²) in [4.78, 5) is 22.5. The van der Waals surface area contributed by atoms with Crippen molar-refractivity contribution in [2.45, 2.75) is 5.03 Å². The molecule has 0 fully saturated rings. The molecule has 0 aliphatic heterocycles. The Labute approximate surface area is 102 Å². The first kappa shape index (κ1) is 11.5. The van der Waals surface area contributed by atoms with Crippen molar-refractivity contribution in [1.29, 1.82) is 0 Å². The van der Waals surface area contributed by atoms with Gasteiger partial charge in [-0.1, -0.05) is 11.8 Å². The molecule has 0 bridgehead atoms. The molecule has 0 amide bonds. The lowest BCUT2D eigenvalue weighted by Crippen LogP contribution is -1.98. The molecule has 0 spiro atoms. The molecule has 0 atom stereocenters. The van der Waals surface area contributed by atoms with E-state index in [1.165, 1.54) is 18.1 Å². The summed E-state index contributed by atoms with van der Waals surface area (Å²) in [6.45, 7) is 0. The van der Waals surface area contributed by atoms with Crippen LogP contribution in [0.5, 0.6) is 0 Å². The molecule has 2 heterocycles. The fourth-order valence-corrected chi connectivity index (χ4v) is 1.82. The zero-order chi connectivity index (χ0) is 12.1. The van der Waals surface area contributed by atoms with Crippen molar-refractivity contribution in [3.63, 3.8) is 0 Å². The molecule has 5 nitrogen and oxygen atoms in total. The third-order valence-electron chi connectivity index (χ3n) is 1.96. The van der Waals surface area contributed by atoms with E-state index in [0.717, 1.165) is 11.3 Å². The quantitative estimate of drug-likeness (QED) is 0.654. The molecule has 86 valence electrons.